The Morgan fingerprint density at radius 3 is 2.43 bits per heavy atom. The topological polar surface area (TPSA) is 63.2 Å². The average molecular weight is 428 g/mol. The van der Waals surface area contributed by atoms with E-state index in [4.69, 9.17) is 16.3 Å². The molecule has 156 valence electrons. The van der Waals surface area contributed by atoms with E-state index in [0.717, 1.165) is 11.3 Å². The molecule has 7 heteroatoms. The average Bonchev–Trinajstić information content (AvgIpc) is 2.71. The van der Waals surface area contributed by atoms with E-state index in [0.29, 0.717) is 33.5 Å². The van der Waals surface area contributed by atoms with Gasteiger partial charge in [-0.25, -0.2) is 9.37 Å². The number of hydrogen-bond acceptors (Lipinski definition) is 4. The molecular formula is C23H23ClFN3O2. The molecule has 1 aromatic heterocycles. The van der Waals surface area contributed by atoms with E-state index in [2.05, 4.69) is 15.6 Å². The van der Waals surface area contributed by atoms with E-state index >= 15 is 0 Å². The van der Waals surface area contributed by atoms with Crippen molar-refractivity contribution in [2.45, 2.75) is 26.7 Å². The fourth-order valence-corrected chi connectivity index (χ4v) is 3.23. The van der Waals surface area contributed by atoms with Crippen molar-refractivity contribution in [3.8, 4) is 5.88 Å². The zero-order chi connectivity index (χ0) is 21.8. The van der Waals surface area contributed by atoms with E-state index in [1.165, 1.54) is 19.2 Å². The Bertz CT molecular complexity index is 1090. The summed E-state index contributed by atoms with van der Waals surface area (Å²) in [6.45, 7) is 5.74. The summed E-state index contributed by atoms with van der Waals surface area (Å²) in [4.78, 5) is 17.3. The van der Waals surface area contributed by atoms with Gasteiger partial charge in [-0.2, -0.15) is 0 Å². The predicted molar refractivity (Wildman–Crippen MR) is 119 cm³/mol. The third kappa shape index (κ3) is 4.89. The molecule has 2 aromatic carbocycles. The number of ether oxygens (including phenoxy) is 1. The third-order valence-electron chi connectivity index (χ3n) is 4.65. The first-order valence-corrected chi connectivity index (χ1v) is 9.85. The van der Waals surface area contributed by atoms with Crippen LogP contribution in [0.1, 0.15) is 41.4 Å². The highest BCUT2D eigenvalue weighted by Gasteiger charge is 2.16. The number of pyridine rings is 1. The third-order valence-corrected chi connectivity index (χ3v) is 4.88. The van der Waals surface area contributed by atoms with Gasteiger partial charge in [0.25, 0.3) is 5.91 Å². The summed E-state index contributed by atoms with van der Waals surface area (Å²) in [5.41, 5.74) is 3.65. The number of carbonyl (C=O) groups excluding carboxylic acids is 1. The van der Waals surface area contributed by atoms with Crippen molar-refractivity contribution >= 4 is 34.6 Å². The molecule has 5 nitrogen and oxygen atoms in total. The van der Waals surface area contributed by atoms with Crippen molar-refractivity contribution < 1.29 is 13.9 Å². The van der Waals surface area contributed by atoms with E-state index < -0.39 is 0 Å². The zero-order valence-corrected chi connectivity index (χ0v) is 18.0. The number of methoxy groups -OCH3 is 1. The molecule has 3 rings (SSSR count). The maximum Gasteiger partial charge on any atom is 0.257 e. The Morgan fingerprint density at radius 1 is 1.07 bits per heavy atom. The zero-order valence-electron chi connectivity index (χ0n) is 17.2. The molecule has 0 radical (unpaired) electrons. The van der Waals surface area contributed by atoms with Crippen molar-refractivity contribution in [2.24, 2.45) is 0 Å². The number of carbonyl (C=O) groups is 1. The van der Waals surface area contributed by atoms with E-state index in [1.807, 2.05) is 13.8 Å². The lowest BCUT2D eigenvalue weighted by atomic mass is 10.0. The lowest BCUT2D eigenvalue weighted by molar-refractivity contribution is 0.102. The molecular weight excluding hydrogens is 405 g/mol. The highest BCUT2D eigenvalue weighted by atomic mass is 35.5. The normalized spacial score (nSPS) is 10.8. The number of benzene rings is 2. The second kappa shape index (κ2) is 9.13. The number of aromatic nitrogens is 1. The summed E-state index contributed by atoms with van der Waals surface area (Å²) in [6.07, 6.45) is 0. The number of nitrogens with one attached hydrogen (secondary N) is 2. The molecule has 0 aliphatic rings. The SMILES string of the molecule is COc1ccc(NC(=O)c2cc(Cl)ccc2Nc2ccc(F)cc2C(C)C)c(C)n1. The highest BCUT2D eigenvalue weighted by molar-refractivity contribution is 6.31. The van der Waals surface area contributed by atoms with Gasteiger partial charge in [0.2, 0.25) is 5.88 Å². The molecule has 3 aromatic rings. The monoisotopic (exact) mass is 427 g/mol. The number of aryl methyl sites for hydroxylation is 1. The summed E-state index contributed by atoms with van der Waals surface area (Å²) in [5, 5.41) is 6.55. The number of nitrogens with zero attached hydrogens (tertiary/aromatic N) is 1. The van der Waals surface area contributed by atoms with Gasteiger partial charge in [0.15, 0.2) is 0 Å². The van der Waals surface area contributed by atoms with Gasteiger partial charge in [0, 0.05) is 16.8 Å². The quantitative estimate of drug-likeness (QED) is 0.483. The van der Waals surface area contributed by atoms with Gasteiger partial charge in [-0.1, -0.05) is 25.4 Å². The second-order valence-electron chi connectivity index (χ2n) is 7.14. The van der Waals surface area contributed by atoms with Crippen LogP contribution in [0.4, 0.5) is 21.5 Å². The van der Waals surface area contributed by atoms with E-state index in [9.17, 15) is 9.18 Å². The first-order valence-electron chi connectivity index (χ1n) is 9.47. The highest BCUT2D eigenvalue weighted by Crippen LogP contribution is 2.31. The molecule has 1 amide bonds. The lowest BCUT2D eigenvalue weighted by Gasteiger charge is -2.18. The summed E-state index contributed by atoms with van der Waals surface area (Å²) >= 11 is 6.15. The largest absolute Gasteiger partial charge is 0.481 e. The standard InChI is InChI=1S/C23H23ClFN3O2/c1-13(2)17-12-16(25)6-8-20(17)27-21-7-5-15(24)11-18(21)23(29)28-19-9-10-22(30-4)26-14(19)3/h5-13,27H,1-4H3,(H,28,29). The predicted octanol–water partition coefficient (Wildman–Crippen LogP) is 6.31. The molecule has 0 atom stereocenters. The van der Waals surface area contributed by atoms with Gasteiger partial charge in [-0.05, 0) is 60.9 Å². The van der Waals surface area contributed by atoms with Gasteiger partial charge in [-0.15, -0.1) is 0 Å². The van der Waals surface area contributed by atoms with Crippen LogP contribution in [-0.4, -0.2) is 18.0 Å². The molecule has 0 aliphatic heterocycles. The first kappa shape index (κ1) is 21.6. The van der Waals surface area contributed by atoms with Crippen molar-refractivity contribution in [2.75, 3.05) is 17.7 Å². The van der Waals surface area contributed by atoms with Crippen LogP contribution in [0.15, 0.2) is 48.5 Å². The number of halogens is 2. The second-order valence-corrected chi connectivity index (χ2v) is 7.58. The van der Waals surface area contributed by atoms with Crippen LogP contribution < -0.4 is 15.4 Å². The minimum absolute atomic E-state index is 0.0980. The molecule has 0 unspecified atom stereocenters. The van der Waals surface area contributed by atoms with Gasteiger partial charge >= 0.3 is 0 Å². The molecule has 0 fully saturated rings. The Morgan fingerprint density at radius 2 is 1.77 bits per heavy atom. The van der Waals surface area contributed by atoms with Gasteiger partial charge in [-0.3, -0.25) is 4.79 Å². The minimum Gasteiger partial charge on any atom is -0.481 e. The molecule has 0 saturated heterocycles. The first-order chi connectivity index (χ1) is 14.3. The summed E-state index contributed by atoms with van der Waals surface area (Å²) < 4.78 is 18.8. The fourth-order valence-electron chi connectivity index (χ4n) is 3.06. The van der Waals surface area contributed by atoms with Gasteiger partial charge < -0.3 is 15.4 Å². The number of hydrogen-bond donors (Lipinski definition) is 2. The Kier molecular flexibility index (Phi) is 6.57. The van der Waals surface area contributed by atoms with Crippen LogP contribution in [0.2, 0.25) is 5.02 Å². The maximum absolute atomic E-state index is 13.7. The van der Waals surface area contributed by atoms with Gasteiger partial charge in [0.05, 0.1) is 29.7 Å². The van der Waals surface area contributed by atoms with Crippen LogP contribution in [0, 0.1) is 12.7 Å². The summed E-state index contributed by atoms with van der Waals surface area (Å²) in [6, 6.07) is 13.0. The van der Waals surface area contributed by atoms with Crippen LogP contribution in [0.25, 0.3) is 0 Å². The number of anilines is 3. The Labute approximate surface area is 180 Å². The number of rotatable bonds is 6. The molecule has 0 aliphatic carbocycles. The molecule has 0 bridgehead atoms. The van der Waals surface area contributed by atoms with E-state index in [1.54, 1.807) is 43.3 Å². The molecule has 0 saturated carbocycles. The van der Waals surface area contributed by atoms with Crippen molar-refractivity contribution in [1.82, 2.24) is 4.98 Å². The molecule has 0 spiro atoms. The molecule has 2 N–H and O–H groups in total. The van der Waals surface area contributed by atoms with Crippen LogP contribution >= 0.6 is 11.6 Å². The van der Waals surface area contributed by atoms with Crippen LogP contribution in [0.5, 0.6) is 5.88 Å². The van der Waals surface area contributed by atoms with E-state index in [-0.39, 0.29) is 17.6 Å². The lowest BCUT2D eigenvalue weighted by Crippen LogP contribution is -2.15. The van der Waals surface area contributed by atoms with Gasteiger partial charge in [0.1, 0.15) is 5.82 Å². The van der Waals surface area contributed by atoms with Crippen molar-refractivity contribution in [1.29, 1.82) is 0 Å². The Hall–Kier alpha value is -3.12. The maximum atomic E-state index is 13.7. The van der Waals surface area contributed by atoms with Crippen LogP contribution in [0.3, 0.4) is 0 Å². The summed E-state index contributed by atoms with van der Waals surface area (Å²) in [7, 11) is 1.53. The smallest absolute Gasteiger partial charge is 0.257 e. The molecule has 30 heavy (non-hydrogen) atoms. The van der Waals surface area contributed by atoms with Crippen molar-refractivity contribution in [3.05, 3.63) is 76.2 Å². The van der Waals surface area contributed by atoms with Crippen molar-refractivity contribution in [3.63, 3.8) is 0 Å². The fraction of sp³-hybridized carbons (Fsp3) is 0.217. The Balaban J connectivity index is 1.94. The molecule has 1 heterocycles. The number of amides is 1. The van der Waals surface area contributed by atoms with Crippen LogP contribution in [-0.2, 0) is 0 Å². The summed E-state index contributed by atoms with van der Waals surface area (Å²) in [5.74, 6) is -0.0852. The minimum atomic E-state index is -0.344.